The molecule has 0 bridgehead atoms. The summed E-state index contributed by atoms with van der Waals surface area (Å²) >= 11 is 0. The van der Waals surface area contributed by atoms with Gasteiger partial charge in [-0.3, -0.25) is 9.36 Å². The second-order valence-electron chi connectivity index (χ2n) is 6.46. The van der Waals surface area contributed by atoms with Crippen molar-refractivity contribution in [3.05, 3.63) is 60.0 Å². The van der Waals surface area contributed by atoms with Crippen molar-refractivity contribution in [2.45, 2.75) is 12.3 Å². The Morgan fingerprint density at radius 2 is 1.71 bits per heavy atom. The fourth-order valence-electron chi connectivity index (χ4n) is 3.49. The number of carbonyl (C=O) groups excluding carboxylic acids is 1. The van der Waals surface area contributed by atoms with Gasteiger partial charge in [-0.15, -0.1) is 0 Å². The van der Waals surface area contributed by atoms with E-state index in [2.05, 4.69) is 10.3 Å². The molecule has 144 valence electrons. The van der Waals surface area contributed by atoms with E-state index in [9.17, 15) is 4.79 Å². The summed E-state index contributed by atoms with van der Waals surface area (Å²) in [5.74, 6) is 2.57. The largest absolute Gasteiger partial charge is 0.497 e. The first-order valence-electron chi connectivity index (χ1n) is 8.88. The Balaban J connectivity index is 1.78. The number of methoxy groups -OCH3 is 3. The first-order chi connectivity index (χ1) is 13.6. The summed E-state index contributed by atoms with van der Waals surface area (Å²) in [5, 5.41) is 2.96. The molecular weight excluding hydrogens is 358 g/mol. The molecule has 0 radical (unpaired) electrons. The molecule has 7 nitrogen and oxygen atoms in total. The van der Waals surface area contributed by atoms with Crippen molar-refractivity contribution < 1.29 is 19.0 Å². The average molecular weight is 379 g/mol. The molecule has 3 aromatic rings. The van der Waals surface area contributed by atoms with Crippen LogP contribution in [0.15, 0.2) is 48.8 Å². The highest BCUT2D eigenvalue weighted by Crippen LogP contribution is 2.39. The van der Waals surface area contributed by atoms with Crippen LogP contribution in [0.1, 0.15) is 23.6 Å². The molecule has 7 heteroatoms. The number of ether oxygens (including phenoxy) is 3. The first-order valence-corrected chi connectivity index (χ1v) is 8.88. The predicted octanol–water partition coefficient (Wildman–Crippen LogP) is 3.37. The van der Waals surface area contributed by atoms with Gasteiger partial charge in [-0.1, -0.05) is 12.1 Å². The van der Waals surface area contributed by atoms with Crippen molar-refractivity contribution in [3.8, 4) is 22.9 Å². The Bertz CT molecular complexity index is 1010. The van der Waals surface area contributed by atoms with E-state index in [4.69, 9.17) is 14.2 Å². The number of nitrogens with zero attached hydrogens (tertiary/aromatic N) is 2. The molecule has 1 atom stereocenters. The molecule has 0 spiro atoms. The molecule has 0 fully saturated rings. The minimum Gasteiger partial charge on any atom is -0.497 e. The number of hydrogen-bond donors (Lipinski definition) is 1. The number of imidazole rings is 1. The van der Waals surface area contributed by atoms with Crippen LogP contribution >= 0.6 is 0 Å². The maximum atomic E-state index is 12.4. The Morgan fingerprint density at radius 3 is 2.39 bits per heavy atom. The fraction of sp³-hybridized carbons (Fsp3) is 0.238. The average Bonchev–Trinajstić information content (AvgIpc) is 3.16. The smallest absolute Gasteiger partial charge is 0.226 e. The topological polar surface area (TPSA) is 74.6 Å². The normalized spacial score (nSPS) is 15.5. The SMILES string of the molecule is COc1ccc(C2CC(=O)Nc3c2ncn3-c2ccc(OC)cc2OC)cc1. The maximum Gasteiger partial charge on any atom is 0.226 e. The van der Waals surface area contributed by atoms with Crippen molar-refractivity contribution >= 4 is 11.7 Å². The van der Waals surface area contributed by atoms with E-state index in [1.807, 2.05) is 41.0 Å². The zero-order valence-electron chi connectivity index (χ0n) is 15.9. The van der Waals surface area contributed by atoms with Gasteiger partial charge in [0.2, 0.25) is 5.91 Å². The number of anilines is 1. The van der Waals surface area contributed by atoms with Gasteiger partial charge in [0.1, 0.15) is 29.4 Å². The van der Waals surface area contributed by atoms with Gasteiger partial charge < -0.3 is 19.5 Å². The number of benzene rings is 2. The van der Waals surface area contributed by atoms with Gasteiger partial charge in [0.15, 0.2) is 0 Å². The highest BCUT2D eigenvalue weighted by atomic mass is 16.5. The molecular formula is C21H21N3O4. The lowest BCUT2D eigenvalue weighted by molar-refractivity contribution is -0.116. The summed E-state index contributed by atoms with van der Waals surface area (Å²) in [7, 11) is 4.83. The number of carbonyl (C=O) groups is 1. The zero-order valence-corrected chi connectivity index (χ0v) is 15.9. The molecule has 1 N–H and O–H groups in total. The predicted molar refractivity (Wildman–Crippen MR) is 105 cm³/mol. The number of fused-ring (bicyclic) bond motifs is 1. The number of rotatable bonds is 5. The van der Waals surface area contributed by atoms with Crippen molar-refractivity contribution in [2.75, 3.05) is 26.6 Å². The van der Waals surface area contributed by atoms with Gasteiger partial charge in [-0.25, -0.2) is 4.98 Å². The van der Waals surface area contributed by atoms with Crippen LogP contribution in [-0.4, -0.2) is 36.8 Å². The fourth-order valence-corrected chi connectivity index (χ4v) is 3.49. The van der Waals surface area contributed by atoms with Crippen LogP contribution in [-0.2, 0) is 4.79 Å². The van der Waals surface area contributed by atoms with Gasteiger partial charge in [0, 0.05) is 18.4 Å². The molecule has 1 unspecified atom stereocenters. The lowest BCUT2D eigenvalue weighted by Gasteiger charge is -2.24. The third-order valence-corrected chi connectivity index (χ3v) is 4.94. The zero-order chi connectivity index (χ0) is 19.7. The molecule has 28 heavy (non-hydrogen) atoms. The number of amides is 1. The Hall–Kier alpha value is -3.48. The molecule has 0 saturated carbocycles. The van der Waals surface area contributed by atoms with Crippen LogP contribution in [0.25, 0.3) is 5.69 Å². The molecule has 2 heterocycles. The summed E-state index contributed by atoms with van der Waals surface area (Å²) in [6.07, 6.45) is 2.05. The van der Waals surface area contributed by atoms with Crippen LogP contribution in [0.5, 0.6) is 17.2 Å². The monoisotopic (exact) mass is 379 g/mol. The van der Waals surface area contributed by atoms with Crippen molar-refractivity contribution in [2.24, 2.45) is 0 Å². The molecule has 2 aromatic carbocycles. The number of aromatic nitrogens is 2. The van der Waals surface area contributed by atoms with Gasteiger partial charge >= 0.3 is 0 Å². The molecule has 4 rings (SSSR count). The van der Waals surface area contributed by atoms with Crippen molar-refractivity contribution in [1.29, 1.82) is 0 Å². The Morgan fingerprint density at radius 1 is 1.00 bits per heavy atom. The van der Waals surface area contributed by atoms with E-state index in [0.29, 0.717) is 23.7 Å². The van der Waals surface area contributed by atoms with Crippen molar-refractivity contribution in [3.63, 3.8) is 0 Å². The highest BCUT2D eigenvalue weighted by molar-refractivity contribution is 5.94. The second kappa shape index (κ2) is 7.26. The van der Waals surface area contributed by atoms with Gasteiger partial charge in [0.25, 0.3) is 0 Å². The third-order valence-electron chi connectivity index (χ3n) is 4.94. The summed E-state index contributed by atoms with van der Waals surface area (Å²) in [5.41, 5.74) is 2.61. The maximum absolute atomic E-state index is 12.4. The van der Waals surface area contributed by atoms with Crippen LogP contribution in [0.4, 0.5) is 5.82 Å². The third kappa shape index (κ3) is 3.05. The lowest BCUT2D eigenvalue weighted by Crippen LogP contribution is -2.25. The van der Waals surface area contributed by atoms with Crippen LogP contribution in [0.2, 0.25) is 0 Å². The number of hydrogen-bond acceptors (Lipinski definition) is 5. The minimum atomic E-state index is -0.125. The van der Waals surface area contributed by atoms with Gasteiger partial charge in [-0.2, -0.15) is 0 Å². The van der Waals surface area contributed by atoms with Crippen molar-refractivity contribution in [1.82, 2.24) is 9.55 Å². The lowest BCUT2D eigenvalue weighted by atomic mass is 9.90. The van der Waals surface area contributed by atoms with Crippen LogP contribution in [0.3, 0.4) is 0 Å². The second-order valence-corrected chi connectivity index (χ2v) is 6.46. The molecule has 1 aromatic heterocycles. The summed E-state index contributed by atoms with van der Waals surface area (Å²) in [4.78, 5) is 17.1. The standard InChI is InChI=1S/C21H21N3O4/c1-26-14-6-4-13(5-7-14)16-11-19(25)23-21-20(16)22-12-24(21)17-9-8-15(27-2)10-18(17)28-3/h4-10,12,16H,11H2,1-3H3,(H,23,25). The van der Waals surface area contributed by atoms with E-state index in [0.717, 1.165) is 22.7 Å². The Labute approximate surface area is 162 Å². The molecule has 1 amide bonds. The van der Waals surface area contributed by atoms with E-state index in [1.54, 1.807) is 33.7 Å². The van der Waals surface area contributed by atoms with E-state index in [-0.39, 0.29) is 11.8 Å². The molecule has 0 aliphatic carbocycles. The molecule has 1 aliphatic rings. The van der Waals surface area contributed by atoms with Gasteiger partial charge in [-0.05, 0) is 29.8 Å². The molecule has 1 aliphatic heterocycles. The molecule has 0 saturated heterocycles. The van der Waals surface area contributed by atoms with Gasteiger partial charge in [0.05, 0.1) is 32.7 Å². The quantitative estimate of drug-likeness (QED) is 0.736. The first kappa shape index (κ1) is 17.9. The number of nitrogens with one attached hydrogen (secondary N) is 1. The van der Waals surface area contributed by atoms with E-state index >= 15 is 0 Å². The van der Waals surface area contributed by atoms with E-state index in [1.165, 1.54) is 0 Å². The van der Waals surface area contributed by atoms with E-state index < -0.39 is 0 Å². The van der Waals surface area contributed by atoms with Crippen LogP contribution < -0.4 is 19.5 Å². The summed E-state index contributed by atoms with van der Waals surface area (Å²) < 4.78 is 17.8. The Kier molecular flexibility index (Phi) is 4.65. The highest BCUT2D eigenvalue weighted by Gasteiger charge is 2.31. The minimum absolute atomic E-state index is 0.0532. The summed E-state index contributed by atoms with van der Waals surface area (Å²) in [6.45, 7) is 0. The van der Waals surface area contributed by atoms with Crippen LogP contribution in [0, 0.1) is 0 Å². The summed E-state index contributed by atoms with van der Waals surface area (Å²) in [6, 6.07) is 13.2.